The number of fused-ring (bicyclic) bond motifs is 1. The largest absolute Gasteiger partial charge is 0.476 e. The molecule has 0 unspecified atom stereocenters. The number of aromatic nitrogens is 2. The number of carboxylic acids is 1. The highest BCUT2D eigenvalue weighted by molar-refractivity contribution is 6.02. The van der Waals surface area contributed by atoms with Crippen LogP contribution < -0.4 is 0 Å². The van der Waals surface area contributed by atoms with Crippen molar-refractivity contribution in [3.8, 4) is 11.1 Å². The molecule has 4 nitrogen and oxygen atoms in total. The van der Waals surface area contributed by atoms with Gasteiger partial charge in [0.1, 0.15) is 0 Å². The lowest BCUT2D eigenvalue weighted by atomic mass is 10.0. The Morgan fingerprint density at radius 1 is 1.06 bits per heavy atom. The van der Waals surface area contributed by atoms with Gasteiger partial charge >= 0.3 is 5.97 Å². The molecular formula is C14H10N2O2. The van der Waals surface area contributed by atoms with Gasteiger partial charge in [0, 0.05) is 5.39 Å². The van der Waals surface area contributed by atoms with Crippen molar-refractivity contribution >= 4 is 16.9 Å². The maximum absolute atomic E-state index is 11.0. The Morgan fingerprint density at radius 3 is 2.56 bits per heavy atom. The number of carbonyl (C=O) groups is 1. The molecule has 0 radical (unpaired) electrons. The lowest BCUT2D eigenvalue weighted by molar-refractivity contribution is 0.0692. The molecule has 2 aromatic carbocycles. The zero-order valence-electron chi connectivity index (χ0n) is 9.42. The van der Waals surface area contributed by atoms with Crippen LogP contribution in [0.25, 0.3) is 22.0 Å². The average molecular weight is 238 g/mol. The first-order valence-corrected chi connectivity index (χ1v) is 5.52. The van der Waals surface area contributed by atoms with Gasteiger partial charge in [-0.05, 0) is 23.3 Å². The van der Waals surface area contributed by atoms with E-state index in [2.05, 4.69) is 10.2 Å². The van der Waals surface area contributed by atoms with E-state index in [9.17, 15) is 4.79 Å². The Bertz CT molecular complexity index is 717. The highest BCUT2D eigenvalue weighted by atomic mass is 16.4. The Morgan fingerprint density at radius 2 is 1.83 bits per heavy atom. The van der Waals surface area contributed by atoms with Crippen LogP contribution in [0.5, 0.6) is 0 Å². The van der Waals surface area contributed by atoms with E-state index in [-0.39, 0.29) is 5.69 Å². The summed E-state index contributed by atoms with van der Waals surface area (Å²) in [5.41, 5.74) is 2.82. The van der Waals surface area contributed by atoms with Gasteiger partial charge < -0.3 is 5.11 Å². The standard InChI is InChI=1S/C14H10N2O2/c17-14(18)13-11-8-10(6-7-12(11)15-16-13)9-4-2-1-3-5-9/h1-8H,(H,15,16)(H,17,18). The lowest BCUT2D eigenvalue weighted by Gasteiger charge is -2.01. The third-order valence-corrected chi connectivity index (χ3v) is 2.87. The van der Waals surface area contributed by atoms with Crippen LogP contribution in [0.3, 0.4) is 0 Å². The van der Waals surface area contributed by atoms with Gasteiger partial charge in [-0.25, -0.2) is 4.79 Å². The molecule has 1 aromatic heterocycles. The molecule has 88 valence electrons. The Labute approximate surface area is 103 Å². The maximum Gasteiger partial charge on any atom is 0.357 e. The minimum Gasteiger partial charge on any atom is -0.476 e. The number of H-pyrrole nitrogens is 1. The molecule has 2 N–H and O–H groups in total. The topological polar surface area (TPSA) is 66.0 Å². The number of carboxylic acid groups (broad SMARTS) is 1. The first kappa shape index (κ1) is 10.5. The van der Waals surface area contributed by atoms with Crippen LogP contribution >= 0.6 is 0 Å². The van der Waals surface area contributed by atoms with Crippen molar-refractivity contribution in [2.24, 2.45) is 0 Å². The number of hydrogen-bond donors (Lipinski definition) is 2. The van der Waals surface area contributed by atoms with Gasteiger partial charge in [0.2, 0.25) is 0 Å². The molecule has 3 aromatic rings. The van der Waals surface area contributed by atoms with Crippen molar-refractivity contribution in [2.75, 3.05) is 0 Å². The van der Waals surface area contributed by atoms with Gasteiger partial charge in [-0.2, -0.15) is 5.10 Å². The molecule has 0 fully saturated rings. The van der Waals surface area contributed by atoms with Crippen molar-refractivity contribution in [1.82, 2.24) is 10.2 Å². The minimum absolute atomic E-state index is 0.0581. The SMILES string of the molecule is O=C(O)c1n[nH]c2ccc(-c3ccccc3)cc12. The van der Waals surface area contributed by atoms with Crippen molar-refractivity contribution in [3.05, 3.63) is 54.2 Å². The van der Waals surface area contributed by atoms with Crippen LogP contribution in [0.2, 0.25) is 0 Å². The molecule has 1 heterocycles. The summed E-state index contributed by atoms with van der Waals surface area (Å²) in [5.74, 6) is -1.02. The monoisotopic (exact) mass is 238 g/mol. The molecule has 4 heteroatoms. The average Bonchev–Trinajstić information content (AvgIpc) is 2.82. The molecular weight excluding hydrogens is 228 g/mol. The van der Waals surface area contributed by atoms with Crippen LogP contribution in [0, 0.1) is 0 Å². The molecule has 0 bridgehead atoms. The maximum atomic E-state index is 11.0. The summed E-state index contributed by atoms with van der Waals surface area (Å²) in [4.78, 5) is 11.0. The number of aromatic carboxylic acids is 1. The summed E-state index contributed by atoms with van der Waals surface area (Å²) < 4.78 is 0. The fourth-order valence-electron chi connectivity index (χ4n) is 1.99. The predicted octanol–water partition coefficient (Wildman–Crippen LogP) is 2.93. The number of rotatable bonds is 2. The van der Waals surface area contributed by atoms with Crippen LogP contribution in [-0.2, 0) is 0 Å². The summed E-state index contributed by atoms with van der Waals surface area (Å²) in [6, 6.07) is 15.5. The summed E-state index contributed by atoms with van der Waals surface area (Å²) in [5, 5.41) is 16.2. The van der Waals surface area contributed by atoms with Crippen LogP contribution in [0.1, 0.15) is 10.5 Å². The van der Waals surface area contributed by atoms with Crippen molar-refractivity contribution < 1.29 is 9.90 Å². The Hall–Kier alpha value is -2.62. The second-order valence-electron chi connectivity index (χ2n) is 4.00. The van der Waals surface area contributed by atoms with Gasteiger partial charge in [0.25, 0.3) is 0 Å². The molecule has 0 saturated carbocycles. The molecule has 0 aliphatic carbocycles. The van der Waals surface area contributed by atoms with E-state index in [1.165, 1.54) is 0 Å². The van der Waals surface area contributed by atoms with Gasteiger partial charge in [-0.1, -0.05) is 36.4 Å². The normalized spacial score (nSPS) is 10.7. The van der Waals surface area contributed by atoms with Crippen molar-refractivity contribution in [1.29, 1.82) is 0 Å². The van der Waals surface area contributed by atoms with E-state index in [4.69, 9.17) is 5.11 Å². The number of aromatic amines is 1. The van der Waals surface area contributed by atoms with Gasteiger partial charge in [-0.15, -0.1) is 0 Å². The number of nitrogens with one attached hydrogen (secondary N) is 1. The summed E-state index contributed by atoms with van der Waals surface area (Å²) >= 11 is 0. The van der Waals surface area contributed by atoms with E-state index >= 15 is 0 Å². The second kappa shape index (κ2) is 4.00. The third kappa shape index (κ3) is 1.64. The van der Waals surface area contributed by atoms with E-state index in [1.807, 2.05) is 48.5 Å². The molecule has 0 aliphatic rings. The summed E-state index contributed by atoms with van der Waals surface area (Å²) in [7, 11) is 0. The van der Waals surface area contributed by atoms with E-state index in [1.54, 1.807) is 0 Å². The third-order valence-electron chi connectivity index (χ3n) is 2.87. The minimum atomic E-state index is -1.02. The molecule has 0 aliphatic heterocycles. The zero-order valence-corrected chi connectivity index (χ0v) is 9.42. The molecule has 3 rings (SSSR count). The highest BCUT2D eigenvalue weighted by Crippen LogP contribution is 2.25. The summed E-state index contributed by atoms with van der Waals surface area (Å²) in [6.45, 7) is 0. The molecule has 0 saturated heterocycles. The number of hydrogen-bond acceptors (Lipinski definition) is 2. The Kier molecular flexibility index (Phi) is 2.34. The molecule has 0 atom stereocenters. The first-order chi connectivity index (χ1) is 8.75. The van der Waals surface area contributed by atoms with E-state index in [0.717, 1.165) is 16.6 Å². The van der Waals surface area contributed by atoms with Crippen molar-refractivity contribution in [3.63, 3.8) is 0 Å². The van der Waals surface area contributed by atoms with Gasteiger partial charge in [0.05, 0.1) is 5.52 Å². The zero-order chi connectivity index (χ0) is 12.5. The molecule has 18 heavy (non-hydrogen) atoms. The van der Waals surface area contributed by atoms with Crippen LogP contribution in [-0.4, -0.2) is 21.3 Å². The fourth-order valence-corrected chi connectivity index (χ4v) is 1.99. The van der Waals surface area contributed by atoms with Gasteiger partial charge in [0.15, 0.2) is 5.69 Å². The summed E-state index contributed by atoms with van der Waals surface area (Å²) in [6.07, 6.45) is 0. The molecule has 0 spiro atoms. The number of benzene rings is 2. The van der Waals surface area contributed by atoms with Gasteiger partial charge in [-0.3, -0.25) is 5.10 Å². The fraction of sp³-hybridized carbons (Fsp3) is 0. The second-order valence-corrected chi connectivity index (χ2v) is 4.00. The quantitative estimate of drug-likeness (QED) is 0.721. The van der Waals surface area contributed by atoms with E-state index < -0.39 is 5.97 Å². The first-order valence-electron chi connectivity index (χ1n) is 5.52. The molecule has 0 amide bonds. The number of nitrogens with zero attached hydrogens (tertiary/aromatic N) is 1. The smallest absolute Gasteiger partial charge is 0.357 e. The highest BCUT2D eigenvalue weighted by Gasteiger charge is 2.13. The lowest BCUT2D eigenvalue weighted by Crippen LogP contribution is -1.96. The van der Waals surface area contributed by atoms with E-state index in [0.29, 0.717) is 5.39 Å². The van der Waals surface area contributed by atoms with Crippen LogP contribution in [0.15, 0.2) is 48.5 Å². The predicted molar refractivity (Wildman–Crippen MR) is 68.5 cm³/mol. The van der Waals surface area contributed by atoms with Crippen molar-refractivity contribution in [2.45, 2.75) is 0 Å². The Balaban J connectivity index is 2.21. The van der Waals surface area contributed by atoms with Crippen LogP contribution in [0.4, 0.5) is 0 Å².